The third-order valence-corrected chi connectivity index (χ3v) is 1.10. The topological polar surface area (TPSA) is 23.1 Å². The van der Waals surface area contributed by atoms with Gasteiger partial charge in [-0.1, -0.05) is 30.3 Å². The Morgan fingerprint density at radius 3 is 1.92 bits per heavy atom. The highest BCUT2D eigenvalue weighted by Gasteiger charge is 1.80. The number of thiol groups is 1. The molecule has 0 saturated heterocycles. The monoisotopic (exact) mass is 182 g/mol. The van der Waals surface area contributed by atoms with E-state index in [1.807, 2.05) is 18.2 Å². The van der Waals surface area contributed by atoms with Gasteiger partial charge in [-0.25, -0.2) is 0 Å². The van der Waals surface area contributed by atoms with Crippen molar-refractivity contribution in [3.63, 3.8) is 0 Å². The van der Waals surface area contributed by atoms with Crippen molar-refractivity contribution in [2.45, 2.75) is 0 Å². The van der Waals surface area contributed by atoms with Crippen LogP contribution in [0.4, 0.5) is 0 Å². The van der Waals surface area contributed by atoms with Crippen LogP contribution >= 0.6 is 0 Å². The van der Waals surface area contributed by atoms with Crippen LogP contribution in [-0.4, -0.2) is 12.5 Å². The van der Waals surface area contributed by atoms with Gasteiger partial charge in [-0.3, -0.25) is 0 Å². The lowest BCUT2D eigenvalue weighted by Gasteiger charge is -2.07. The van der Waals surface area contributed by atoms with E-state index in [2.05, 4.69) is 19.1 Å². The second-order valence-corrected chi connectivity index (χ2v) is 3.13. The van der Waals surface area contributed by atoms with E-state index in [1.165, 1.54) is 11.8 Å². The Bertz CT molecular complexity index is 219. The van der Waals surface area contributed by atoms with E-state index in [0.717, 1.165) is 0 Å². The molecule has 0 fully saturated rings. The van der Waals surface area contributed by atoms with Gasteiger partial charge in [0.15, 0.2) is 0 Å². The Morgan fingerprint density at radius 1 is 1.25 bits per heavy atom. The van der Waals surface area contributed by atoms with Crippen molar-refractivity contribution in [2.75, 3.05) is 12.5 Å². The number of benzene rings is 1. The average Bonchev–Trinajstić information content (AvgIpc) is 2.07. The highest BCUT2D eigenvalue weighted by atomic mass is 32.2. The molecule has 66 valence electrons. The van der Waals surface area contributed by atoms with Gasteiger partial charge >= 0.3 is 0 Å². The maximum atomic E-state index is 10.5. The van der Waals surface area contributed by atoms with Crippen LogP contribution < -0.4 is 5.11 Å². The second-order valence-electron chi connectivity index (χ2n) is 2.24. The number of hydrogen-bond acceptors (Lipinski definition) is 1. The summed E-state index contributed by atoms with van der Waals surface area (Å²) >= 11 is 1.42. The minimum Gasteiger partial charge on any atom is -0.872 e. The molecule has 0 unspecified atom stereocenters. The Morgan fingerprint density at radius 2 is 1.67 bits per heavy atom. The molecule has 0 N–H and O–H groups in total. The van der Waals surface area contributed by atoms with Gasteiger partial charge in [0.2, 0.25) is 0 Å². The summed E-state index contributed by atoms with van der Waals surface area (Å²) in [5.74, 6) is -0.129. The zero-order valence-electron chi connectivity index (χ0n) is 7.45. The Labute approximate surface area is 78.1 Å². The van der Waals surface area contributed by atoms with Crippen molar-refractivity contribution < 1.29 is 5.11 Å². The molecule has 1 aromatic rings. The molecule has 0 aromatic heterocycles. The van der Waals surface area contributed by atoms with Gasteiger partial charge in [0.1, 0.15) is 0 Å². The lowest BCUT2D eigenvalue weighted by Crippen LogP contribution is -1.98. The first kappa shape index (κ1) is 11.1. The molecule has 0 spiro atoms. The smallest absolute Gasteiger partial charge is 0.0949 e. The lowest BCUT2D eigenvalue weighted by molar-refractivity contribution is -0.243. The molecule has 0 aliphatic rings. The molecule has 0 heterocycles. The molecule has 0 aliphatic heterocycles. The SMILES string of the molecule is C=C([O-])c1ccccc1.C[SH+]C. The molecule has 0 radical (unpaired) electrons. The average molecular weight is 182 g/mol. The quantitative estimate of drug-likeness (QED) is 0.362. The van der Waals surface area contributed by atoms with Gasteiger partial charge in [0, 0.05) is 0 Å². The molecule has 0 saturated carbocycles. The van der Waals surface area contributed by atoms with Gasteiger partial charge in [-0.15, -0.1) is 12.3 Å². The van der Waals surface area contributed by atoms with E-state index < -0.39 is 0 Å². The summed E-state index contributed by atoms with van der Waals surface area (Å²) in [4.78, 5) is 0. The van der Waals surface area contributed by atoms with E-state index in [9.17, 15) is 5.11 Å². The van der Waals surface area contributed by atoms with Crippen molar-refractivity contribution in [1.29, 1.82) is 0 Å². The van der Waals surface area contributed by atoms with E-state index in [4.69, 9.17) is 0 Å². The highest BCUT2D eigenvalue weighted by Crippen LogP contribution is 2.03. The fourth-order valence-electron chi connectivity index (χ4n) is 0.624. The summed E-state index contributed by atoms with van der Waals surface area (Å²) in [7, 11) is 0. The first-order valence-electron chi connectivity index (χ1n) is 3.61. The van der Waals surface area contributed by atoms with Crippen LogP contribution in [-0.2, 0) is 11.8 Å². The standard InChI is InChI=1S/C8H8O.C2H6S/c1-7(9)8-5-3-2-4-6-8;1-3-2/h2-6,9H,1H2;1-2H3. The molecule has 0 aliphatic carbocycles. The molecule has 0 amide bonds. The van der Waals surface area contributed by atoms with Crippen LogP contribution in [0.1, 0.15) is 5.56 Å². The largest absolute Gasteiger partial charge is 0.872 e. The Hall–Kier alpha value is -0.890. The second kappa shape index (κ2) is 6.80. The van der Waals surface area contributed by atoms with E-state index >= 15 is 0 Å². The highest BCUT2D eigenvalue weighted by molar-refractivity contribution is 7.76. The summed E-state index contributed by atoms with van der Waals surface area (Å²) in [5.41, 5.74) is 0.664. The number of rotatable bonds is 1. The third-order valence-electron chi connectivity index (χ3n) is 1.10. The van der Waals surface area contributed by atoms with Crippen molar-refractivity contribution in [3.05, 3.63) is 42.5 Å². The third kappa shape index (κ3) is 4.85. The van der Waals surface area contributed by atoms with Crippen molar-refractivity contribution >= 4 is 17.5 Å². The molecular formula is C10H14OS. The van der Waals surface area contributed by atoms with Crippen LogP contribution in [0.25, 0.3) is 5.76 Å². The maximum Gasteiger partial charge on any atom is 0.0949 e. The van der Waals surface area contributed by atoms with Gasteiger partial charge in [0.25, 0.3) is 0 Å². The minimum absolute atomic E-state index is 0.129. The zero-order valence-corrected chi connectivity index (χ0v) is 8.34. The van der Waals surface area contributed by atoms with Gasteiger partial charge in [-0.05, 0) is 17.3 Å². The normalized spacial score (nSPS) is 8.17. The summed E-state index contributed by atoms with van der Waals surface area (Å²) in [6.07, 6.45) is 4.19. The van der Waals surface area contributed by atoms with Gasteiger partial charge < -0.3 is 5.11 Å². The van der Waals surface area contributed by atoms with Crippen LogP contribution in [0, 0.1) is 0 Å². The van der Waals surface area contributed by atoms with Crippen LogP contribution in [0.2, 0.25) is 0 Å². The molecule has 1 rings (SSSR count). The molecule has 1 nitrogen and oxygen atoms in total. The lowest BCUT2D eigenvalue weighted by atomic mass is 10.2. The molecule has 0 bridgehead atoms. The van der Waals surface area contributed by atoms with Gasteiger partial charge in [-0.2, -0.15) is 0 Å². The fraction of sp³-hybridized carbons (Fsp3) is 0.200. The first-order valence-corrected chi connectivity index (χ1v) is 5.40. The summed E-state index contributed by atoms with van der Waals surface area (Å²) in [5, 5.41) is 10.5. The van der Waals surface area contributed by atoms with Crippen LogP contribution in [0.3, 0.4) is 0 Å². The molecule has 0 atom stereocenters. The summed E-state index contributed by atoms with van der Waals surface area (Å²) in [6, 6.07) is 8.99. The Balaban J connectivity index is 0.000000354. The minimum atomic E-state index is -0.129. The van der Waals surface area contributed by atoms with E-state index in [1.54, 1.807) is 12.1 Å². The van der Waals surface area contributed by atoms with Crippen molar-refractivity contribution in [1.82, 2.24) is 0 Å². The predicted octanol–water partition coefficient (Wildman–Crippen LogP) is 1.08. The van der Waals surface area contributed by atoms with Crippen molar-refractivity contribution in [2.24, 2.45) is 0 Å². The molecule has 1 aromatic carbocycles. The van der Waals surface area contributed by atoms with E-state index in [-0.39, 0.29) is 5.76 Å². The fourth-order valence-corrected chi connectivity index (χ4v) is 0.624. The number of hydrogen-bond donors (Lipinski definition) is 0. The molecule has 12 heavy (non-hydrogen) atoms. The van der Waals surface area contributed by atoms with Gasteiger partial charge in [0.05, 0.1) is 12.5 Å². The summed E-state index contributed by atoms with van der Waals surface area (Å²) in [6.45, 7) is 3.27. The maximum absolute atomic E-state index is 10.5. The first-order chi connectivity index (χ1) is 5.72. The molecule has 2 heteroatoms. The van der Waals surface area contributed by atoms with Crippen LogP contribution in [0.5, 0.6) is 0 Å². The molecular weight excluding hydrogens is 168 g/mol. The summed E-state index contributed by atoms with van der Waals surface area (Å²) < 4.78 is 0. The van der Waals surface area contributed by atoms with Crippen LogP contribution in [0.15, 0.2) is 36.9 Å². The zero-order chi connectivity index (χ0) is 9.40. The van der Waals surface area contributed by atoms with E-state index in [0.29, 0.717) is 5.56 Å². The van der Waals surface area contributed by atoms with Crippen molar-refractivity contribution in [3.8, 4) is 0 Å². The predicted molar refractivity (Wildman–Crippen MR) is 56.1 cm³/mol. The Kier molecular flexibility index (Phi) is 6.29.